The summed E-state index contributed by atoms with van der Waals surface area (Å²) in [7, 11) is 0. The maximum Gasteiger partial charge on any atom is 0.115 e. The molecule has 0 radical (unpaired) electrons. The Morgan fingerprint density at radius 2 is 2.50 bits per heavy atom. The molecule has 0 unspecified atom stereocenters. The Balaban J connectivity index is 2.76. The molecule has 0 saturated heterocycles. The molecule has 1 aliphatic heterocycles. The molecule has 0 amide bonds. The van der Waals surface area contributed by atoms with Gasteiger partial charge in [0.05, 0.1) is 5.03 Å². The van der Waals surface area contributed by atoms with E-state index in [9.17, 15) is 0 Å². The van der Waals surface area contributed by atoms with Crippen LogP contribution < -0.4 is 11.1 Å². The molecule has 0 aromatic heterocycles. The number of dihydropyridines is 1. The standard InChI is InChI=1S/C5H7ClN2/c6-4-2-1-3-8-5(4)7/h1-2,8H,3,7H2. The highest BCUT2D eigenvalue weighted by Crippen LogP contribution is 2.06. The first-order chi connectivity index (χ1) is 3.80. The monoisotopic (exact) mass is 130 g/mol. The van der Waals surface area contributed by atoms with Crippen LogP contribution in [-0.2, 0) is 0 Å². The Hall–Kier alpha value is -0.630. The highest BCUT2D eigenvalue weighted by atomic mass is 35.5. The summed E-state index contributed by atoms with van der Waals surface area (Å²) in [6, 6.07) is 0. The van der Waals surface area contributed by atoms with Gasteiger partial charge in [-0.2, -0.15) is 0 Å². The average Bonchev–Trinajstić information content (AvgIpc) is 1.77. The minimum atomic E-state index is 0.564. The van der Waals surface area contributed by atoms with Gasteiger partial charge in [-0.1, -0.05) is 17.7 Å². The third-order valence-corrected chi connectivity index (χ3v) is 1.26. The average molecular weight is 131 g/mol. The molecule has 0 aliphatic carbocycles. The smallest absolute Gasteiger partial charge is 0.115 e. The summed E-state index contributed by atoms with van der Waals surface area (Å²) in [6.07, 6.45) is 3.70. The van der Waals surface area contributed by atoms with Gasteiger partial charge in [0.25, 0.3) is 0 Å². The fourth-order valence-electron chi connectivity index (χ4n) is 0.505. The number of nitrogens with two attached hydrogens (primary N) is 1. The number of hydrogen-bond donors (Lipinski definition) is 2. The zero-order chi connectivity index (χ0) is 5.98. The second kappa shape index (κ2) is 2.09. The molecule has 0 fully saturated rings. The van der Waals surface area contributed by atoms with E-state index in [-0.39, 0.29) is 0 Å². The van der Waals surface area contributed by atoms with Gasteiger partial charge < -0.3 is 11.1 Å². The minimum absolute atomic E-state index is 0.564. The Morgan fingerprint density at radius 3 is 2.88 bits per heavy atom. The molecular formula is C5H7ClN2. The molecule has 1 rings (SSSR count). The molecule has 2 nitrogen and oxygen atoms in total. The van der Waals surface area contributed by atoms with Crippen LogP contribution in [-0.4, -0.2) is 6.54 Å². The van der Waals surface area contributed by atoms with E-state index in [2.05, 4.69) is 5.32 Å². The van der Waals surface area contributed by atoms with Crippen molar-refractivity contribution >= 4 is 11.6 Å². The molecule has 3 N–H and O–H groups in total. The van der Waals surface area contributed by atoms with Crippen molar-refractivity contribution in [3.8, 4) is 0 Å². The molecule has 0 spiro atoms. The van der Waals surface area contributed by atoms with Gasteiger partial charge in [0, 0.05) is 6.54 Å². The van der Waals surface area contributed by atoms with Crippen molar-refractivity contribution in [1.82, 2.24) is 5.32 Å². The first kappa shape index (κ1) is 5.51. The second-order valence-electron chi connectivity index (χ2n) is 1.54. The van der Waals surface area contributed by atoms with Crippen LogP contribution in [0.2, 0.25) is 0 Å². The van der Waals surface area contributed by atoms with Crippen LogP contribution in [0.15, 0.2) is 23.0 Å². The third kappa shape index (κ3) is 0.954. The van der Waals surface area contributed by atoms with Crippen molar-refractivity contribution in [3.05, 3.63) is 23.0 Å². The highest BCUT2D eigenvalue weighted by molar-refractivity contribution is 6.31. The normalized spacial score (nSPS) is 18.6. The van der Waals surface area contributed by atoms with Crippen LogP contribution in [0.1, 0.15) is 0 Å². The number of nitrogens with one attached hydrogen (secondary N) is 1. The summed E-state index contributed by atoms with van der Waals surface area (Å²) in [5, 5.41) is 3.46. The second-order valence-corrected chi connectivity index (χ2v) is 1.95. The summed E-state index contributed by atoms with van der Waals surface area (Å²) in [4.78, 5) is 0. The van der Waals surface area contributed by atoms with E-state index in [1.165, 1.54) is 0 Å². The van der Waals surface area contributed by atoms with Crippen LogP contribution in [0.25, 0.3) is 0 Å². The zero-order valence-corrected chi connectivity index (χ0v) is 5.07. The largest absolute Gasteiger partial charge is 0.384 e. The van der Waals surface area contributed by atoms with Crippen molar-refractivity contribution in [2.24, 2.45) is 5.73 Å². The summed E-state index contributed by atoms with van der Waals surface area (Å²) >= 11 is 5.57. The van der Waals surface area contributed by atoms with Crippen LogP contribution in [0.3, 0.4) is 0 Å². The van der Waals surface area contributed by atoms with Gasteiger partial charge >= 0.3 is 0 Å². The highest BCUT2D eigenvalue weighted by Gasteiger charge is 1.97. The molecule has 8 heavy (non-hydrogen) atoms. The summed E-state index contributed by atoms with van der Waals surface area (Å²) in [5.74, 6) is 0.564. The van der Waals surface area contributed by atoms with Gasteiger partial charge in [0.2, 0.25) is 0 Å². The molecular weight excluding hydrogens is 124 g/mol. The van der Waals surface area contributed by atoms with E-state index in [4.69, 9.17) is 17.3 Å². The number of rotatable bonds is 0. The van der Waals surface area contributed by atoms with E-state index in [1.807, 2.05) is 6.08 Å². The Kier molecular flexibility index (Phi) is 1.44. The SMILES string of the molecule is NC1=C(Cl)C=CCN1. The summed E-state index contributed by atoms with van der Waals surface area (Å²) < 4.78 is 0. The number of halogens is 1. The first-order valence-electron chi connectivity index (χ1n) is 2.36. The molecule has 0 bridgehead atoms. The zero-order valence-electron chi connectivity index (χ0n) is 4.32. The predicted octanol–water partition coefficient (Wildman–Crippen LogP) is 0.512. The molecule has 3 heteroatoms. The Labute approximate surface area is 53.0 Å². The van der Waals surface area contributed by atoms with Gasteiger partial charge in [-0.05, 0) is 6.08 Å². The Bertz CT molecular complexity index is 149. The molecule has 0 saturated carbocycles. The molecule has 1 heterocycles. The van der Waals surface area contributed by atoms with E-state index >= 15 is 0 Å². The van der Waals surface area contributed by atoms with Crippen LogP contribution in [0, 0.1) is 0 Å². The molecule has 44 valence electrons. The van der Waals surface area contributed by atoms with Crippen LogP contribution in [0.5, 0.6) is 0 Å². The minimum Gasteiger partial charge on any atom is -0.384 e. The van der Waals surface area contributed by atoms with Crippen molar-refractivity contribution in [3.63, 3.8) is 0 Å². The first-order valence-corrected chi connectivity index (χ1v) is 2.74. The molecule has 0 atom stereocenters. The number of allylic oxidation sites excluding steroid dienone is 2. The Morgan fingerprint density at radius 1 is 1.75 bits per heavy atom. The van der Waals surface area contributed by atoms with Crippen molar-refractivity contribution in [2.75, 3.05) is 6.54 Å². The van der Waals surface area contributed by atoms with E-state index < -0.39 is 0 Å². The van der Waals surface area contributed by atoms with Gasteiger partial charge in [-0.25, -0.2) is 0 Å². The van der Waals surface area contributed by atoms with E-state index in [0.29, 0.717) is 10.9 Å². The van der Waals surface area contributed by atoms with E-state index in [0.717, 1.165) is 6.54 Å². The predicted molar refractivity (Wildman–Crippen MR) is 34.2 cm³/mol. The molecule has 0 aromatic carbocycles. The lowest BCUT2D eigenvalue weighted by Gasteiger charge is -2.07. The molecule has 1 aliphatic rings. The van der Waals surface area contributed by atoms with Gasteiger partial charge in [-0.3, -0.25) is 0 Å². The summed E-state index contributed by atoms with van der Waals surface area (Å²) in [5.41, 5.74) is 5.36. The maximum absolute atomic E-state index is 5.57. The van der Waals surface area contributed by atoms with Crippen molar-refractivity contribution < 1.29 is 0 Å². The summed E-state index contributed by atoms with van der Waals surface area (Å²) in [6.45, 7) is 0.780. The third-order valence-electron chi connectivity index (χ3n) is 0.932. The van der Waals surface area contributed by atoms with Crippen LogP contribution >= 0.6 is 11.6 Å². The van der Waals surface area contributed by atoms with Crippen molar-refractivity contribution in [1.29, 1.82) is 0 Å². The lowest BCUT2D eigenvalue weighted by atomic mass is 10.4. The topological polar surface area (TPSA) is 38.0 Å². The van der Waals surface area contributed by atoms with E-state index in [1.54, 1.807) is 6.08 Å². The fraction of sp³-hybridized carbons (Fsp3) is 0.200. The maximum atomic E-state index is 5.57. The van der Waals surface area contributed by atoms with Crippen LogP contribution in [0.4, 0.5) is 0 Å². The number of hydrogen-bond acceptors (Lipinski definition) is 2. The van der Waals surface area contributed by atoms with Crippen molar-refractivity contribution in [2.45, 2.75) is 0 Å². The fourth-order valence-corrected chi connectivity index (χ4v) is 0.661. The lowest BCUT2D eigenvalue weighted by molar-refractivity contribution is 0.869. The lowest BCUT2D eigenvalue weighted by Crippen LogP contribution is -2.23. The van der Waals surface area contributed by atoms with Gasteiger partial charge in [0.15, 0.2) is 0 Å². The van der Waals surface area contributed by atoms with Gasteiger partial charge in [-0.15, -0.1) is 0 Å². The van der Waals surface area contributed by atoms with Gasteiger partial charge in [0.1, 0.15) is 5.82 Å². The quantitative estimate of drug-likeness (QED) is 0.502. The molecule has 0 aromatic rings.